The lowest BCUT2D eigenvalue weighted by atomic mass is 9.96. The fourth-order valence-electron chi connectivity index (χ4n) is 2.11. The maximum absolute atomic E-state index is 11.8. The molecule has 100 valence electrons. The molecule has 0 radical (unpaired) electrons. The van der Waals surface area contributed by atoms with E-state index in [9.17, 15) is 13.6 Å². The molecule has 1 heterocycles. The van der Waals surface area contributed by atoms with Crippen molar-refractivity contribution in [2.24, 2.45) is 0 Å². The molecule has 1 N–H and O–H groups in total. The fraction of sp³-hybridized carbons (Fsp3) is 0.545. The van der Waals surface area contributed by atoms with Crippen molar-refractivity contribution in [2.75, 3.05) is 0 Å². The summed E-state index contributed by atoms with van der Waals surface area (Å²) < 4.78 is 36.0. The second kappa shape index (κ2) is 5.11. The van der Waals surface area contributed by atoms with E-state index in [4.69, 9.17) is 8.97 Å². The largest absolute Gasteiger partial charge is 0.624 e. The number of hydrogen-bond donors (Lipinski definition) is 1. The van der Waals surface area contributed by atoms with Crippen LogP contribution in [0.2, 0.25) is 0 Å². The van der Waals surface area contributed by atoms with Gasteiger partial charge in [-0.25, -0.2) is 4.74 Å². The summed E-state index contributed by atoms with van der Waals surface area (Å²) in [5.74, 6) is 0.128. The highest BCUT2D eigenvalue weighted by Gasteiger charge is 2.21. The minimum Gasteiger partial charge on any atom is -0.624 e. The first kappa shape index (κ1) is 13.1. The van der Waals surface area contributed by atoms with Crippen LogP contribution in [0.3, 0.4) is 0 Å². The van der Waals surface area contributed by atoms with Crippen molar-refractivity contribution < 1.29 is 22.1 Å². The first-order valence-corrected chi connectivity index (χ1v) is 7.28. The standard InChI is InChI=1S/C11H15NO5S/c13-12(9-4-2-1-3-5-9)8-10-6-7-11(17-10)18(14,15)16/h6-9H,1-5H2,(H,14,15,16). The van der Waals surface area contributed by atoms with Gasteiger partial charge >= 0.3 is 10.1 Å². The second-order valence-corrected chi connectivity index (χ2v) is 5.77. The molecule has 1 aromatic rings. The van der Waals surface area contributed by atoms with Gasteiger partial charge in [-0.2, -0.15) is 8.42 Å². The minimum atomic E-state index is -4.35. The van der Waals surface area contributed by atoms with Gasteiger partial charge in [-0.3, -0.25) is 4.55 Å². The predicted octanol–water partition coefficient (Wildman–Crippen LogP) is 1.79. The number of nitrogens with zero attached hydrogens (tertiary/aromatic N) is 1. The van der Waals surface area contributed by atoms with Crippen LogP contribution in [0.5, 0.6) is 0 Å². The maximum Gasteiger partial charge on any atom is 0.328 e. The molecule has 0 saturated heterocycles. The van der Waals surface area contributed by atoms with Crippen LogP contribution in [-0.4, -0.2) is 30.0 Å². The number of furan rings is 1. The van der Waals surface area contributed by atoms with Gasteiger partial charge in [0, 0.05) is 12.8 Å². The summed E-state index contributed by atoms with van der Waals surface area (Å²) in [7, 11) is -4.35. The van der Waals surface area contributed by atoms with Crippen LogP contribution in [0.1, 0.15) is 37.9 Å². The Morgan fingerprint density at radius 3 is 2.56 bits per heavy atom. The van der Waals surface area contributed by atoms with Crippen molar-refractivity contribution in [1.29, 1.82) is 0 Å². The Bertz CT molecular complexity index is 540. The molecule has 0 aliphatic heterocycles. The summed E-state index contributed by atoms with van der Waals surface area (Å²) in [5.41, 5.74) is 0. The molecule has 0 unspecified atom stereocenters. The van der Waals surface area contributed by atoms with Crippen molar-refractivity contribution in [1.82, 2.24) is 0 Å². The van der Waals surface area contributed by atoms with Gasteiger partial charge in [0.1, 0.15) is 0 Å². The van der Waals surface area contributed by atoms with Gasteiger partial charge in [0.25, 0.3) is 0 Å². The molecule has 1 aliphatic carbocycles. The lowest BCUT2D eigenvalue weighted by molar-refractivity contribution is -0.501. The Kier molecular flexibility index (Phi) is 3.72. The zero-order valence-corrected chi connectivity index (χ0v) is 10.6. The highest BCUT2D eigenvalue weighted by molar-refractivity contribution is 7.85. The number of hydroxylamine groups is 1. The highest BCUT2D eigenvalue weighted by atomic mass is 32.2. The Balaban J connectivity index is 2.14. The molecule has 1 fully saturated rings. The smallest absolute Gasteiger partial charge is 0.328 e. The third kappa shape index (κ3) is 3.11. The molecule has 0 atom stereocenters. The molecule has 2 rings (SSSR count). The first-order valence-electron chi connectivity index (χ1n) is 5.84. The van der Waals surface area contributed by atoms with E-state index >= 15 is 0 Å². The normalized spacial score (nSPS) is 19.1. The summed E-state index contributed by atoms with van der Waals surface area (Å²) >= 11 is 0. The van der Waals surface area contributed by atoms with Gasteiger partial charge in [0.05, 0.1) is 0 Å². The van der Waals surface area contributed by atoms with E-state index in [1.807, 2.05) is 0 Å². The monoisotopic (exact) mass is 273 g/mol. The molecule has 1 saturated carbocycles. The van der Waals surface area contributed by atoms with E-state index < -0.39 is 15.2 Å². The van der Waals surface area contributed by atoms with Crippen LogP contribution < -0.4 is 0 Å². The quantitative estimate of drug-likeness (QED) is 0.298. The zero-order valence-electron chi connectivity index (χ0n) is 9.78. The maximum atomic E-state index is 11.8. The van der Waals surface area contributed by atoms with Gasteiger partial charge in [-0.15, -0.1) is 0 Å². The van der Waals surface area contributed by atoms with Gasteiger partial charge in [-0.05, 0) is 25.0 Å². The van der Waals surface area contributed by atoms with Gasteiger partial charge in [0.15, 0.2) is 11.8 Å². The number of hydrogen-bond acceptors (Lipinski definition) is 4. The SMILES string of the molecule is O=S(=O)(O)c1ccc(C=[N+]([O-])C2CCCCC2)o1. The average molecular weight is 273 g/mol. The van der Waals surface area contributed by atoms with Gasteiger partial charge in [-0.1, -0.05) is 6.42 Å². The van der Waals surface area contributed by atoms with Crippen LogP contribution in [0.4, 0.5) is 0 Å². The summed E-state index contributed by atoms with van der Waals surface area (Å²) in [6.45, 7) is 0. The van der Waals surface area contributed by atoms with E-state index in [2.05, 4.69) is 0 Å². The molecule has 7 heteroatoms. The Hall–Kier alpha value is -1.34. The van der Waals surface area contributed by atoms with E-state index in [0.717, 1.165) is 42.9 Å². The predicted molar refractivity (Wildman–Crippen MR) is 64.2 cm³/mol. The third-order valence-corrected chi connectivity index (χ3v) is 3.77. The Morgan fingerprint density at radius 1 is 1.33 bits per heavy atom. The summed E-state index contributed by atoms with van der Waals surface area (Å²) in [6.07, 6.45) is 6.12. The van der Waals surface area contributed by atoms with Crippen LogP contribution in [0, 0.1) is 5.21 Å². The van der Waals surface area contributed by atoms with Crippen molar-refractivity contribution in [2.45, 2.75) is 43.2 Å². The lowest BCUT2D eigenvalue weighted by Crippen LogP contribution is -2.25. The summed E-state index contributed by atoms with van der Waals surface area (Å²) in [5, 5.41) is 11.3. The van der Waals surface area contributed by atoms with Crippen LogP contribution in [-0.2, 0) is 10.1 Å². The topological polar surface area (TPSA) is 93.6 Å². The molecular formula is C11H15NO5S. The molecule has 1 aliphatic rings. The number of rotatable bonds is 3. The van der Waals surface area contributed by atoms with E-state index in [1.165, 1.54) is 12.3 Å². The van der Waals surface area contributed by atoms with E-state index in [1.54, 1.807) is 0 Å². The van der Waals surface area contributed by atoms with Crippen molar-refractivity contribution in [3.63, 3.8) is 0 Å². The molecular weight excluding hydrogens is 258 g/mol. The molecule has 0 aromatic carbocycles. The van der Waals surface area contributed by atoms with Crippen molar-refractivity contribution in [3.8, 4) is 0 Å². The third-order valence-electron chi connectivity index (χ3n) is 3.05. The summed E-state index contributed by atoms with van der Waals surface area (Å²) in [6, 6.07) is 2.39. The average Bonchev–Trinajstić information content (AvgIpc) is 2.78. The fourth-order valence-corrected chi connectivity index (χ4v) is 2.55. The molecule has 1 aromatic heterocycles. The Morgan fingerprint density at radius 2 is 2.00 bits per heavy atom. The van der Waals surface area contributed by atoms with E-state index in [0.29, 0.717) is 0 Å². The van der Waals surface area contributed by atoms with Crippen molar-refractivity contribution in [3.05, 3.63) is 23.1 Å². The van der Waals surface area contributed by atoms with Gasteiger partial charge < -0.3 is 9.62 Å². The van der Waals surface area contributed by atoms with Crippen molar-refractivity contribution >= 4 is 16.3 Å². The van der Waals surface area contributed by atoms with E-state index in [-0.39, 0.29) is 11.8 Å². The Labute approximate surface area is 105 Å². The first-order chi connectivity index (χ1) is 8.47. The highest BCUT2D eigenvalue weighted by Crippen LogP contribution is 2.20. The minimum absolute atomic E-state index is 0.0713. The van der Waals surface area contributed by atoms with Crippen LogP contribution in [0.25, 0.3) is 0 Å². The van der Waals surface area contributed by atoms with Gasteiger partial charge in [0.2, 0.25) is 11.3 Å². The van der Waals surface area contributed by atoms with Crippen LogP contribution in [0.15, 0.2) is 21.6 Å². The molecule has 18 heavy (non-hydrogen) atoms. The second-order valence-electron chi connectivity index (χ2n) is 4.41. The lowest BCUT2D eigenvalue weighted by Gasteiger charge is -2.20. The summed E-state index contributed by atoms with van der Waals surface area (Å²) in [4.78, 5) is 0. The van der Waals surface area contributed by atoms with Crippen LogP contribution >= 0.6 is 0 Å². The molecule has 0 bridgehead atoms. The zero-order chi connectivity index (χ0) is 13.2. The molecule has 6 nitrogen and oxygen atoms in total. The molecule has 0 spiro atoms. The molecule has 0 amide bonds.